The second kappa shape index (κ2) is 3.80. The molecule has 16 heavy (non-hydrogen) atoms. The lowest BCUT2D eigenvalue weighted by Crippen LogP contribution is -1.96. The maximum atomic E-state index is 11.1. The number of carboxylic acids is 1. The van der Waals surface area contributed by atoms with Crippen molar-refractivity contribution in [2.45, 2.75) is 13.5 Å². The van der Waals surface area contributed by atoms with Crippen LogP contribution in [0.2, 0.25) is 0 Å². The standard InChI is InChI=1S/C10H12N4O2/c1-3-14-6-8(10(15)16)9(12-14)7-4-11-13(2)5-7/h4-6H,3H2,1-2H3,(H,15,16). The third-order valence-electron chi connectivity index (χ3n) is 2.29. The van der Waals surface area contributed by atoms with Gasteiger partial charge in [0.1, 0.15) is 11.3 Å². The van der Waals surface area contributed by atoms with Crippen molar-refractivity contribution in [3.63, 3.8) is 0 Å². The normalized spacial score (nSPS) is 10.6. The van der Waals surface area contributed by atoms with Gasteiger partial charge in [-0.05, 0) is 6.92 Å². The molecule has 0 bridgehead atoms. The first-order chi connectivity index (χ1) is 7.61. The molecule has 2 aromatic heterocycles. The van der Waals surface area contributed by atoms with Gasteiger partial charge < -0.3 is 5.11 Å². The molecular formula is C10H12N4O2. The monoisotopic (exact) mass is 220 g/mol. The Balaban J connectivity index is 2.54. The molecule has 0 aromatic carbocycles. The number of rotatable bonds is 3. The molecule has 6 nitrogen and oxygen atoms in total. The molecule has 2 rings (SSSR count). The van der Waals surface area contributed by atoms with Crippen LogP contribution in [0, 0.1) is 0 Å². The van der Waals surface area contributed by atoms with Gasteiger partial charge in [-0.3, -0.25) is 9.36 Å². The Morgan fingerprint density at radius 1 is 1.50 bits per heavy atom. The molecule has 0 aliphatic carbocycles. The van der Waals surface area contributed by atoms with Gasteiger partial charge in [0.25, 0.3) is 0 Å². The van der Waals surface area contributed by atoms with Crippen molar-refractivity contribution in [3.05, 3.63) is 24.2 Å². The third-order valence-corrected chi connectivity index (χ3v) is 2.29. The molecule has 6 heteroatoms. The largest absolute Gasteiger partial charge is 0.478 e. The van der Waals surface area contributed by atoms with Crippen molar-refractivity contribution >= 4 is 5.97 Å². The number of hydrogen-bond acceptors (Lipinski definition) is 3. The molecule has 0 amide bonds. The number of aromatic carboxylic acids is 1. The van der Waals surface area contributed by atoms with Crippen molar-refractivity contribution < 1.29 is 9.90 Å². The predicted octanol–water partition coefficient (Wildman–Crippen LogP) is 1.00. The number of nitrogens with zero attached hydrogens (tertiary/aromatic N) is 4. The fourth-order valence-electron chi connectivity index (χ4n) is 1.50. The highest BCUT2D eigenvalue weighted by Crippen LogP contribution is 2.21. The van der Waals surface area contributed by atoms with Gasteiger partial charge in [0.15, 0.2) is 0 Å². The SMILES string of the molecule is CCn1cc(C(=O)O)c(-c2cnn(C)c2)n1. The minimum atomic E-state index is -0.974. The summed E-state index contributed by atoms with van der Waals surface area (Å²) in [5, 5.41) is 17.3. The Labute approximate surface area is 92.1 Å². The second-order valence-electron chi connectivity index (χ2n) is 3.45. The summed E-state index contributed by atoms with van der Waals surface area (Å²) in [6, 6.07) is 0. The Bertz CT molecular complexity index is 527. The first-order valence-corrected chi connectivity index (χ1v) is 4.91. The fourth-order valence-corrected chi connectivity index (χ4v) is 1.50. The first-order valence-electron chi connectivity index (χ1n) is 4.91. The van der Waals surface area contributed by atoms with Crippen LogP contribution in [0.5, 0.6) is 0 Å². The zero-order valence-electron chi connectivity index (χ0n) is 9.08. The van der Waals surface area contributed by atoms with E-state index >= 15 is 0 Å². The fraction of sp³-hybridized carbons (Fsp3) is 0.300. The topological polar surface area (TPSA) is 72.9 Å². The molecule has 0 aliphatic rings. The smallest absolute Gasteiger partial charge is 0.339 e. The van der Waals surface area contributed by atoms with E-state index in [0.717, 1.165) is 0 Å². The number of carboxylic acid groups (broad SMARTS) is 1. The lowest BCUT2D eigenvalue weighted by molar-refractivity contribution is 0.0697. The number of hydrogen-bond donors (Lipinski definition) is 1. The Morgan fingerprint density at radius 2 is 2.25 bits per heavy atom. The maximum absolute atomic E-state index is 11.1. The minimum Gasteiger partial charge on any atom is -0.478 e. The summed E-state index contributed by atoms with van der Waals surface area (Å²) in [7, 11) is 1.78. The van der Waals surface area contributed by atoms with E-state index in [4.69, 9.17) is 5.11 Å². The van der Waals surface area contributed by atoms with Gasteiger partial charge in [-0.1, -0.05) is 0 Å². The van der Waals surface area contributed by atoms with Crippen LogP contribution in [0.4, 0.5) is 0 Å². The summed E-state index contributed by atoms with van der Waals surface area (Å²) in [6.07, 6.45) is 4.88. The van der Waals surface area contributed by atoms with Crippen molar-refractivity contribution in [1.82, 2.24) is 19.6 Å². The van der Waals surface area contributed by atoms with Crippen molar-refractivity contribution in [2.24, 2.45) is 7.05 Å². The van der Waals surface area contributed by atoms with E-state index in [1.165, 1.54) is 6.20 Å². The van der Waals surface area contributed by atoms with Gasteiger partial charge in [0.05, 0.1) is 6.20 Å². The van der Waals surface area contributed by atoms with E-state index in [2.05, 4.69) is 10.2 Å². The molecule has 0 aliphatic heterocycles. The molecule has 0 unspecified atom stereocenters. The van der Waals surface area contributed by atoms with Gasteiger partial charge in [0.2, 0.25) is 0 Å². The highest BCUT2D eigenvalue weighted by atomic mass is 16.4. The lowest BCUT2D eigenvalue weighted by atomic mass is 10.1. The van der Waals surface area contributed by atoms with Gasteiger partial charge in [-0.15, -0.1) is 0 Å². The van der Waals surface area contributed by atoms with Gasteiger partial charge in [-0.2, -0.15) is 10.2 Å². The molecule has 0 saturated heterocycles. The van der Waals surface area contributed by atoms with Crippen LogP contribution in [0.3, 0.4) is 0 Å². The van der Waals surface area contributed by atoms with E-state index in [-0.39, 0.29) is 5.56 Å². The van der Waals surface area contributed by atoms with Crippen molar-refractivity contribution in [1.29, 1.82) is 0 Å². The molecule has 0 radical (unpaired) electrons. The van der Waals surface area contributed by atoms with Crippen molar-refractivity contribution in [2.75, 3.05) is 0 Å². The van der Waals surface area contributed by atoms with Crippen LogP contribution < -0.4 is 0 Å². The van der Waals surface area contributed by atoms with Crippen LogP contribution in [0.15, 0.2) is 18.6 Å². The molecular weight excluding hydrogens is 208 g/mol. The second-order valence-corrected chi connectivity index (χ2v) is 3.45. The van der Waals surface area contributed by atoms with Crippen molar-refractivity contribution in [3.8, 4) is 11.3 Å². The first kappa shape index (κ1) is 10.4. The highest BCUT2D eigenvalue weighted by molar-refractivity contribution is 5.94. The number of carbonyl (C=O) groups is 1. The molecule has 0 saturated carbocycles. The lowest BCUT2D eigenvalue weighted by Gasteiger charge is -1.93. The zero-order valence-corrected chi connectivity index (χ0v) is 9.08. The van der Waals surface area contributed by atoms with Gasteiger partial charge >= 0.3 is 5.97 Å². The van der Waals surface area contributed by atoms with E-state index in [0.29, 0.717) is 17.8 Å². The summed E-state index contributed by atoms with van der Waals surface area (Å²) in [4.78, 5) is 11.1. The summed E-state index contributed by atoms with van der Waals surface area (Å²) < 4.78 is 3.22. The quantitative estimate of drug-likeness (QED) is 0.837. The molecule has 84 valence electrons. The maximum Gasteiger partial charge on any atom is 0.339 e. The molecule has 1 N–H and O–H groups in total. The Kier molecular flexibility index (Phi) is 2.47. The molecule has 2 aromatic rings. The van der Waals surface area contributed by atoms with E-state index < -0.39 is 5.97 Å². The van der Waals surface area contributed by atoms with Crippen LogP contribution in [-0.2, 0) is 13.6 Å². The van der Waals surface area contributed by atoms with Crippen LogP contribution >= 0.6 is 0 Å². The van der Waals surface area contributed by atoms with E-state index in [9.17, 15) is 4.79 Å². The Hall–Kier alpha value is -2.11. The third kappa shape index (κ3) is 1.69. The predicted molar refractivity (Wildman–Crippen MR) is 57.1 cm³/mol. The van der Waals surface area contributed by atoms with E-state index in [1.54, 1.807) is 28.8 Å². The van der Waals surface area contributed by atoms with Crippen LogP contribution in [-0.4, -0.2) is 30.6 Å². The average Bonchev–Trinajstić information content (AvgIpc) is 2.82. The highest BCUT2D eigenvalue weighted by Gasteiger charge is 2.17. The van der Waals surface area contributed by atoms with Gasteiger partial charge in [0, 0.05) is 31.5 Å². The van der Waals surface area contributed by atoms with E-state index in [1.807, 2.05) is 6.92 Å². The zero-order chi connectivity index (χ0) is 11.7. The summed E-state index contributed by atoms with van der Waals surface area (Å²) in [6.45, 7) is 2.55. The van der Waals surface area contributed by atoms with Crippen LogP contribution in [0.25, 0.3) is 11.3 Å². The van der Waals surface area contributed by atoms with Gasteiger partial charge in [-0.25, -0.2) is 4.79 Å². The summed E-state index contributed by atoms with van der Waals surface area (Å²) >= 11 is 0. The molecule has 0 spiro atoms. The summed E-state index contributed by atoms with van der Waals surface area (Å²) in [5.74, 6) is -0.974. The van der Waals surface area contributed by atoms with Crippen LogP contribution in [0.1, 0.15) is 17.3 Å². The molecule has 0 fully saturated rings. The number of aryl methyl sites for hydroxylation is 2. The summed E-state index contributed by atoms with van der Waals surface area (Å²) in [5.41, 5.74) is 1.38. The minimum absolute atomic E-state index is 0.204. The Morgan fingerprint density at radius 3 is 2.75 bits per heavy atom. The molecule has 0 atom stereocenters. The average molecular weight is 220 g/mol. The molecule has 2 heterocycles. The number of aromatic nitrogens is 4.